The molecule has 0 heterocycles. The average molecular weight is 302 g/mol. The van der Waals surface area contributed by atoms with Crippen molar-refractivity contribution < 1.29 is 17.2 Å². The lowest BCUT2D eigenvalue weighted by Gasteiger charge is -2.00. The van der Waals surface area contributed by atoms with E-state index in [1.54, 1.807) is 0 Å². The second kappa shape index (κ2) is 5.31. The van der Waals surface area contributed by atoms with Gasteiger partial charge in [0.2, 0.25) is 0 Å². The SMILES string of the molecule is C/C(C(=O)OBr)=C(/C)C(=O)OBr. The van der Waals surface area contributed by atoms with Gasteiger partial charge in [0.15, 0.2) is 32.5 Å². The smallest absolute Gasteiger partial charge is 0.345 e. The zero-order valence-corrected chi connectivity index (χ0v) is 9.56. The monoisotopic (exact) mass is 300 g/mol. The van der Waals surface area contributed by atoms with Crippen molar-refractivity contribution in [1.82, 2.24) is 0 Å². The van der Waals surface area contributed by atoms with Crippen LogP contribution in [0.1, 0.15) is 13.8 Å². The van der Waals surface area contributed by atoms with Crippen LogP contribution in [-0.2, 0) is 17.2 Å². The Morgan fingerprint density at radius 1 is 0.917 bits per heavy atom. The molecule has 0 amide bonds. The Balaban J connectivity index is 4.68. The molecule has 68 valence electrons. The van der Waals surface area contributed by atoms with Gasteiger partial charge in [0.1, 0.15) is 0 Å². The van der Waals surface area contributed by atoms with Gasteiger partial charge in [-0.25, -0.2) is 9.59 Å². The summed E-state index contributed by atoms with van der Waals surface area (Å²) in [6, 6.07) is 0. The maximum Gasteiger partial charge on any atom is 0.345 e. The van der Waals surface area contributed by atoms with Gasteiger partial charge < -0.3 is 7.66 Å². The zero-order valence-electron chi connectivity index (χ0n) is 6.39. The van der Waals surface area contributed by atoms with Gasteiger partial charge in [-0.1, -0.05) is 0 Å². The summed E-state index contributed by atoms with van der Waals surface area (Å²) in [5, 5.41) is 0. The third-order valence-electron chi connectivity index (χ3n) is 1.32. The predicted octanol–water partition coefficient (Wildman–Crippen LogP) is 2.03. The van der Waals surface area contributed by atoms with Gasteiger partial charge in [-0.15, -0.1) is 0 Å². The molecule has 0 bridgehead atoms. The Bertz CT molecular complexity index is 210. The van der Waals surface area contributed by atoms with Crippen LogP contribution >= 0.6 is 32.5 Å². The highest BCUT2D eigenvalue weighted by Crippen LogP contribution is 2.10. The van der Waals surface area contributed by atoms with Gasteiger partial charge in [0.05, 0.1) is 0 Å². The van der Waals surface area contributed by atoms with E-state index in [0.29, 0.717) is 0 Å². The van der Waals surface area contributed by atoms with Crippen molar-refractivity contribution in [3.63, 3.8) is 0 Å². The molecule has 0 saturated heterocycles. The highest BCUT2D eigenvalue weighted by atomic mass is 79.9. The van der Waals surface area contributed by atoms with Crippen molar-refractivity contribution in [2.45, 2.75) is 13.8 Å². The molecule has 6 heteroatoms. The zero-order chi connectivity index (χ0) is 9.72. The van der Waals surface area contributed by atoms with Gasteiger partial charge in [0.25, 0.3) is 0 Å². The van der Waals surface area contributed by atoms with E-state index in [0.717, 1.165) is 0 Å². The second-order valence-electron chi connectivity index (χ2n) is 1.98. The molecule has 0 aliphatic carbocycles. The number of hydrogen-bond acceptors (Lipinski definition) is 4. The summed E-state index contributed by atoms with van der Waals surface area (Å²) < 4.78 is 8.44. The number of hydrogen-bond donors (Lipinski definition) is 0. The fourth-order valence-corrected chi connectivity index (χ4v) is 0.908. The number of halogens is 2. The average Bonchev–Trinajstić information content (AvgIpc) is 2.12. The van der Waals surface area contributed by atoms with Crippen LogP contribution in [0.3, 0.4) is 0 Å². The van der Waals surface area contributed by atoms with Gasteiger partial charge >= 0.3 is 11.9 Å². The summed E-state index contributed by atoms with van der Waals surface area (Å²) >= 11 is 5.01. The Hall–Kier alpha value is -0.360. The highest BCUT2D eigenvalue weighted by molar-refractivity contribution is 9.06. The van der Waals surface area contributed by atoms with Gasteiger partial charge in [0, 0.05) is 11.1 Å². The molecule has 0 spiro atoms. The van der Waals surface area contributed by atoms with E-state index in [1.807, 2.05) is 0 Å². The maximum absolute atomic E-state index is 10.8. The molecule has 0 saturated carbocycles. The molecular weight excluding hydrogens is 296 g/mol. The van der Waals surface area contributed by atoms with E-state index < -0.39 is 11.9 Å². The molecule has 0 aliphatic heterocycles. The van der Waals surface area contributed by atoms with Crippen LogP contribution in [0.4, 0.5) is 0 Å². The van der Waals surface area contributed by atoms with Gasteiger partial charge in [-0.05, 0) is 13.8 Å². The lowest BCUT2D eigenvalue weighted by molar-refractivity contribution is -0.131. The summed E-state index contributed by atoms with van der Waals surface area (Å²) in [7, 11) is 0. The Kier molecular flexibility index (Phi) is 5.16. The Morgan fingerprint density at radius 2 is 1.17 bits per heavy atom. The van der Waals surface area contributed by atoms with Crippen LogP contribution in [0.5, 0.6) is 0 Å². The van der Waals surface area contributed by atoms with E-state index in [1.165, 1.54) is 13.8 Å². The lowest BCUT2D eigenvalue weighted by Crippen LogP contribution is -2.07. The second-order valence-corrected chi connectivity index (χ2v) is 2.63. The molecule has 0 unspecified atom stereocenters. The molecule has 0 aromatic heterocycles. The minimum atomic E-state index is -0.620. The van der Waals surface area contributed by atoms with Crippen LogP contribution in [0.25, 0.3) is 0 Å². The first-order valence-electron chi connectivity index (χ1n) is 2.88. The van der Waals surface area contributed by atoms with Crippen LogP contribution in [0.15, 0.2) is 11.1 Å². The third kappa shape index (κ3) is 2.94. The van der Waals surface area contributed by atoms with Crippen molar-refractivity contribution in [2.75, 3.05) is 0 Å². The number of carbonyl (C=O) groups is 2. The number of rotatable bonds is 2. The van der Waals surface area contributed by atoms with E-state index in [-0.39, 0.29) is 11.1 Å². The van der Waals surface area contributed by atoms with E-state index in [9.17, 15) is 9.59 Å². The standard InChI is InChI=1S/C6H6Br2O4/c1-3(5(9)11-7)4(2)6(10)12-8/h1-2H3/b4-3+. The normalized spacial score (nSPS) is 11.7. The molecule has 0 aromatic rings. The molecule has 0 N–H and O–H groups in total. The van der Waals surface area contributed by atoms with E-state index in [2.05, 4.69) is 40.2 Å². The van der Waals surface area contributed by atoms with Crippen LogP contribution in [0, 0.1) is 0 Å². The van der Waals surface area contributed by atoms with E-state index in [4.69, 9.17) is 0 Å². The minimum absolute atomic E-state index is 0.191. The topological polar surface area (TPSA) is 52.6 Å². The summed E-state index contributed by atoms with van der Waals surface area (Å²) in [5.74, 6) is -1.24. The highest BCUT2D eigenvalue weighted by Gasteiger charge is 2.14. The lowest BCUT2D eigenvalue weighted by atomic mass is 10.1. The molecule has 0 rings (SSSR count). The first kappa shape index (κ1) is 11.6. The minimum Gasteiger partial charge on any atom is -0.380 e. The summed E-state index contributed by atoms with van der Waals surface area (Å²) in [6.07, 6.45) is 0. The van der Waals surface area contributed by atoms with E-state index >= 15 is 0 Å². The summed E-state index contributed by atoms with van der Waals surface area (Å²) in [6.45, 7) is 2.92. The summed E-state index contributed by atoms with van der Waals surface area (Å²) in [4.78, 5) is 21.6. The van der Waals surface area contributed by atoms with Crippen molar-refractivity contribution in [1.29, 1.82) is 0 Å². The van der Waals surface area contributed by atoms with Crippen molar-refractivity contribution in [3.05, 3.63) is 11.1 Å². The van der Waals surface area contributed by atoms with Gasteiger partial charge in [-0.2, -0.15) is 0 Å². The number of carbonyl (C=O) groups excluding carboxylic acids is 2. The Morgan fingerprint density at radius 3 is 1.33 bits per heavy atom. The molecule has 4 nitrogen and oxygen atoms in total. The first-order chi connectivity index (χ1) is 5.54. The quantitative estimate of drug-likeness (QED) is 0.732. The summed E-state index contributed by atoms with van der Waals surface area (Å²) in [5.41, 5.74) is 0.382. The van der Waals surface area contributed by atoms with Crippen LogP contribution < -0.4 is 0 Å². The van der Waals surface area contributed by atoms with Crippen molar-refractivity contribution in [2.24, 2.45) is 0 Å². The predicted molar refractivity (Wildman–Crippen MR) is 48.4 cm³/mol. The third-order valence-corrected chi connectivity index (χ3v) is 1.90. The first-order valence-corrected chi connectivity index (χ1v) is 4.17. The molecule has 0 atom stereocenters. The van der Waals surface area contributed by atoms with Crippen molar-refractivity contribution in [3.8, 4) is 0 Å². The molecular formula is C6H6Br2O4. The molecule has 0 radical (unpaired) electrons. The van der Waals surface area contributed by atoms with Crippen LogP contribution in [0.2, 0.25) is 0 Å². The Labute approximate surface area is 86.8 Å². The maximum atomic E-state index is 10.8. The fraction of sp³-hybridized carbons (Fsp3) is 0.333. The molecule has 0 fully saturated rings. The van der Waals surface area contributed by atoms with Crippen molar-refractivity contribution >= 4 is 44.5 Å². The largest absolute Gasteiger partial charge is 0.380 e. The molecule has 0 aromatic carbocycles. The van der Waals surface area contributed by atoms with Crippen LogP contribution in [-0.4, -0.2) is 11.9 Å². The molecule has 12 heavy (non-hydrogen) atoms. The van der Waals surface area contributed by atoms with Gasteiger partial charge in [-0.3, -0.25) is 0 Å². The molecule has 0 aliphatic rings. The fourth-order valence-electron chi connectivity index (χ4n) is 0.422.